The van der Waals surface area contributed by atoms with Crippen LogP contribution in [0.3, 0.4) is 0 Å². The molecule has 23 heavy (non-hydrogen) atoms. The van der Waals surface area contributed by atoms with Gasteiger partial charge in [0.1, 0.15) is 6.54 Å². The number of rotatable bonds is 8. The van der Waals surface area contributed by atoms with Crippen LogP contribution < -0.4 is 5.32 Å². The van der Waals surface area contributed by atoms with Crippen LogP contribution in [0.4, 0.5) is 13.2 Å². The zero-order valence-corrected chi connectivity index (χ0v) is 13.5. The standard InChI is InChI=1S/C14H19ClF3N3O2/c1-2-23-7-3-6-19-10(22)8-21-12(9-4-5-9)11(15)13(20-21)14(16,17)18/h9H,2-8H2,1H3,(H,19,22). The molecule has 1 N–H and O–H groups in total. The number of amides is 1. The van der Waals surface area contributed by atoms with Crippen molar-refractivity contribution in [3.63, 3.8) is 0 Å². The van der Waals surface area contributed by atoms with E-state index in [2.05, 4.69) is 10.4 Å². The second kappa shape index (κ2) is 7.53. The highest BCUT2D eigenvalue weighted by Gasteiger charge is 2.42. The Hall–Kier alpha value is -1.28. The molecule has 9 heteroatoms. The van der Waals surface area contributed by atoms with Crippen LogP contribution in [-0.4, -0.2) is 35.4 Å². The summed E-state index contributed by atoms with van der Waals surface area (Å²) in [6.45, 7) is 3.13. The van der Waals surface area contributed by atoms with Gasteiger partial charge in [-0.05, 0) is 26.2 Å². The van der Waals surface area contributed by atoms with Crippen LogP contribution in [-0.2, 0) is 22.3 Å². The summed E-state index contributed by atoms with van der Waals surface area (Å²) in [7, 11) is 0. The zero-order valence-electron chi connectivity index (χ0n) is 12.7. The highest BCUT2D eigenvalue weighted by Crippen LogP contribution is 2.46. The smallest absolute Gasteiger partial charge is 0.382 e. The van der Waals surface area contributed by atoms with Crippen molar-refractivity contribution in [2.24, 2.45) is 0 Å². The number of nitrogens with one attached hydrogen (secondary N) is 1. The van der Waals surface area contributed by atoms with Crippen molar-refractivity contribution in [1.29, 1.82) is 0 Å². The van der Waals surface area contributed by atoms with E-state index in [1.807, 2.05) is 6.92 Å². The molecule has 1 amide bonds. The van der Waals surface area contributed by atoms with Gasteiger partial charge in [0.2, 0.25) is 5.91 Å². The summed E-state index contributed by atoms with van der Waals surface area (Å²) in [5.41, 5.74) is -0.811. The van der Waals surface area contributed by atoms with Crippen molar-refractivity contribution >= 4 is 17.5 Å². The third-order valence-corrected chi connectivity index (χ3v) is 3.82. The van der Waals surface area contributed by atoms with Crippen LogP contribution in [0.25, 0.3) is 0 Å². The first-order valence-corrected chi connectivity index (χ1v) is 7.90. The van der Waals surface area contributed by atoms with Crippen molar-refractivity contribution in [2.45, 2.75) is 44.8 Å². The lowest BCUT2D eigenvalue weighted by molar-refractivity contribution is -0.141. The SMILES string of the molecule is CCOCCCNC(=O)Cn1nc(C(F)(F)F)c(Cl)c1C1CC1. The molecule has 0 bridgehead atoms. The van der Waals surface area contributed by atoms with Crippen molar-refractivity contribution in [3.8, 4) is 0 Å². The molecule has 2 rings (SSSR count). The Morgan fingerprint density at radius 2 is 2.17 bits per heavy atom. The summed E-state index contributed by atoms with van der Waals surface area (Å²) >= 11 is 5.84. The quantitative estimate of drug-likeness (QED) is 0.731. The van der Waals surface area contributed by atoms with E-state index in [4.69, 9.17) is 16.3 Å². The molecule has 0 aliphatic heterocycles. The normalized spacial score (nSPS) is 15.0. The number of alkyl halides is 3. The maximum Gasteiger partial charge on any atom is 0.436 e. The maximum absolute atomic E-state index is 12.9. The number of carbonyl (C=O) groups is 1. The van der Waals surface area contributed by atoms with E-state index < -0.39 is 17.8 Å². The van der Waals surface area contributed by atoms with E-state index in [-0.39, 0.29) is 17.5 Å². The zero-order chi connectivity index (χ0) is 17.0. The highest BCUT2D eigenvalue weighted by atomic mass is 35.5. The van der Waals surface area contributed by atoms with Crippen molar-refractivity contribution in [2.75, 3.05) is 19.8 Å². The second-order valence-corrected chi connectivity index (χ2v) is 5.76. The first-order chi connectivity index (χ1) is 10.8. The van der Waals surface area contributed by atoms with Crippen LogP contribution >= 0.6 is 11.6 Å². The second-order valence-electron chi connectivity index (χ2n) is 5.38. The van der Waals surface area contributed by atoms with Gasteiger partial charge in [-0.25, -0.2) is 0 Å². The fourth-order valence-corrected chi connectivity index (χ4v) is 2.64. The van der Waals surface area contributed by atoms with Gasteiger partial charge in [0.05, 0.1) is 10.7 Å². The highest BCUT2D eigenvalue weighted by molar-refractivity contribution is 6.32. The molecule has 0 atom stereocenters. The molecule has 130 valence electrons. The summed E-state index contributed by atoms with van der Waals surface area (Å²) < 4.78 is 45.0. The maximum atomic E-state index is 12.9. The summed E-state index contributed by atoms with van der Waals surface area (Å²) in [5.74, 6) is -0.437. The van der Waals surface area contributed by atoms with Gasteiger partial charge in [-0.1, -0.05) is 11.6 Å². The topological polar surface area (TPSA) is 56.1 Å². The molecule has 5 nitrogen and oxygen atoms in total. The lowest BCUT2D eigenvalue weighted by Crippen LogP contribution is -2.30. The van der Waals surface area contributed by atoms with Crippen LogP contribution in [0.2, 0.25) is 5.02 Å². The van der Waals surface area contributed by atoms with E-state index in [1.54, 1.807) is 0 Å². The Balaban J connectivity index is 2.00. The Labute approximate surface area is 137 Å². The average Bonchev–Trinajstić information content (AvgIpc) is 3.22. The lowest BCUT2D eigenvalue weighted by atomic mass is 10.2. The largest absolute Gasteiger partial charge is 0.436 e. The van der Waals surface area contributed by atoms with Gasteiger partial charge in [-0.3, -0.25) is 9.48 Å². The fourth-order valence-electron chi connectivity index (χ4n) is 2.24. The Kier molecular flexibility index (Phi) is 5.91. The minimum Gasteiger partial charge on any atom is -0.382 e. The van der Waals surface area contributed by atoms with E-state index in [0.717, 1.165) is 17.5 Å². The fraction of sp³-hybridized carbons (Fsp3) is 0.714. The average molecular weight is 354 g/mol. The van der Waals surface area contributed by atoms with E-state index in [0.29, 0.717) is 31.9 Å². The summed E-state index contributed by atoms with van der Waals surface area (Å²) in [6, 6.07) is 0. The third-order valence-electron chi connectivity index (χ3n) is 3.45. The number of ether oxygens (including phenoxy) is 1. The Morgan fingerprint density at radius 3 is 2.74 bits per heavy atom. The van der Waals surface area contributed by atoms with Gasteiger partial charge in [0.15, 0.2) is 5.69 Å². The molecule has 1 heterocycles. The van der Waals surface area contributed by atoms with Gasteiger partial charge >= 0.3 is 6.18 Å². The summed E-state index contributed by atoms with van der Waals surface area (Å²) in [5, 5.41) is 5.77. The molecule has 0 spiro atoms. The molecule has 1 aliphatic rings. The van der Waals surface area contributed by atoms with E-state index >= 15 is 0 Å². The van der Waals surface area contributed by atoms with Crippen molar-refractivity contribution < 1.29 is 22.7 Å². The van der Waals surface area contributed by atoms with Gasteiger partial charge < -0.3 is 10.1 Å². The lowest BCUT2D eigenvalue weighted by Gasteiger charge is -2.08. The first kappa shape index (κ1) is 18.1. The predicted octanol–water partition coefficient (Wildman–Crippen LogP) is 2.98. The molecule has 1 aromatic rings. The van der Waals surface area contributed by atoms with Crippen LogP contribution in [0.1, 0.15) is 43.5 Å². The van der Waals surface area contributed by atoms with Crippen molar-refractivity contribution in [3.05, 3.63) is 16.4 Å². The van der Waals surface area contributed by atoms with Gasteiger partial charge in [-0.2, -0.15) is 18.3 Å². The van der Waals surface area contributed by atoms with Crippen molar-refractivity contribution in [1.82, 2.24) is 15.1 Å². The molecule has 1 saturated carbocycles. The molecule has 0 aromatic carbocycles. The third kappa shape index (κ3) is 4.84. The molecule has 0 radical (unpaired) electrons. The summed E-state index contributed by atoms with van der Waals surface area (Å²) in [4.78, 5) is 11.9. The molecule has 1 fully saturated rings. The van der Waals surface area contributed by atoms with Gasteiger partial charge in [-0.15, -0.1) is 0 Å². The van der Waals surface area contributed by atoms with E-state index in [9.17, 15) is 18.0 Å². The number of nitrogens with zero attached hydrogens (tertiary/aromatic N) is 2. The molecule has 0 saturated heterocycles. The molecule has 0 unspecified atom stereocenters. The summed E-state index contributed by atoms with van der Waals surface area (Å²) in [6.07, 6.45) is -2.46. The first-order valence-electron chi connectivity index (χ1n) is 7.52. The molecule has 1 aliphatic carbocycles. The van der Waals surface area contributed by atoms with Gasteiger partial charge in [0, 0.05) is 25.7 Å². The molecule has 1 aromatic heterocycles. The minimum atomic E-state index is -4.63. The number of aromatic nitrogens is 2. The predicted molar refractivity (Wildman–Crippen MR) is 78.3 cm³/mol. The number of carbonyl (C=O) groups excluding carboxylic acids is 1. The number of halogens is 4. The van der Waals surface area contributed by atoms with E-state index in [1.165, 1.54) is 0 Å². The number of hydrogen-bond acceptors (Lipinski definition) is 3. The monoisotopic (exact) mass is 353 g/mol. The van der Waals surface area contributed by atoms with Crippen LogP contribution in [0.15, 0.2) is 0 Å². The van der Waals surface area contributed by atoms with Gasteiger partial charge in [0.25, 0.3) is 0 Å². The molecular formula is C14H19ClF3N3O2. The van der Waals surface area contributed by atoms with Crippen LogP contribution in [0.5, 0.6) is 0 Å². The Bertz CT molecular complexity index is 556. The molecular weight excluding hydrogens is 335 g/mol. The Morgan fingerprint density at radius 1 is 1.48 bits per heavy atom. The van der Waals surface area contributed by atoms with Crippen LogP contribution in [0, 0.1) is 0 Å². The minimum absolute atomic E-state index is 0.0446. The number of hydrogen-bond donors (Lipinski definition) is 1.